The van der Waals surface area contributed by atoms with E-state index in [-0.39, 0.29) is 11.9 Å². The molecule has 0 aliphatic heterocycles. The molecule has 2 N–H and O–H groups in total. The van der Waals surface area contributed by atoms with E-state index in [4.69, 9.17) is 4.74 Å². The predicted molar refractivity (Wildman–Crippen MR) is 104 cm³/mol. The fourth-order valence-electron chi connectivity index (χ4n) is 2.92. The van der Waals surface area contributed by atoms with Crippen molar-refractivity contribution in [2.75, 3.05) is 12.4 Å². The molecule has 27 heavy (non-hydrogen) atoms. The summed E-state index contributed by atoms with van der Waals surface area (Å²) in [6.45, 7) is 4.62. The van der Waals surface area contributed by atoms with E-state index in [1.54, 1.807) is 7.11 Å². The van der Waals surface area contributed by atoms with E-state index >= 15 is 0 Å². The molecule has 0 bridgehead atoms. The van der Waals surface area contributed by atoms with Crippen LogP contribution in [0.5, 0.6) is 0 Å². The first-order valence-electron chi connectivity index (χ1n) is 9.00. The zero-order valence-electron chi connectivity index (χ0n) is 15.8. The summed E-state index contributed by atoms with van der Waals surface area (Å²) < 4.78 is 6.99. The van der Waals surface area contributed by atoms with Gasteiger partial charge in [-0.15, -0.1) is 0 Å². The molecule has 7 heteroatoms. The van der Waals surface area contributed by atoms with Crippen LogP contribution in [0.15, 0.2) is 48.8 Å². The molecule has 0 saturated heterocycles. The molecule has 0 unspecified atom stereocenters. The summed E-state index contributed by atoms with van der Waals surface area (Å²) in [6, 6.07) is 11.1. The number of aromatic nitrogens is 4. The number of rotatable bonds is 8. The van der Waals surface area contributed by atoms with Gasteiger partial charge in [-0.25, -0.2) is 4.98 Å². The number of nitrogens with one attached hydrogen (secondary N) is 2. The Balaban J connectivity index is 1.70. The standard InChI is InChI=1S/C20H25N5O2/c1-14(2)12-17(25-10-4-5-11-25)20(26)21-16-8-6-15(7-9-16)19-22-18(13-27-3)23-24-19/h4-11,14,17H,12-13H2,1-3H3,(H,21,26)(H,22,23,24)/t17-/m0/s1. The molecule has 0 aliphatic rings. The molecule has 0 spiro atoms. The molecule has 0 saturated carbocycles. The first-order valence-corrected chi connectivity index (χ1v) is 9.00. The fourth-order valence-corrected chi connectivity index (χ4v) is 2.92. The summed E-state index contributed by atoms with van der Waals surface area (Å²) in [4.78, 5) is 17.2. The molecular weight excluding hydrogens is 342 g/mol. The molecule has 1 amide bonds. The Morgan fingerprint density at radius 3 is 2.56 bits per heavy atom. The van der Waals surface area contributed by atoms with Crippen molar-refractivity contribution in [3.8, 4) is 11.4 Å². The molecule has 0 aliphatic carbocycles. The molecule has 3 aromatic rings. The van der Waals surface area contributed by atoms with Gasteiger partial charge in [-0.3, -0.25) is 9.89 Å². The van der Waals surface area contributed by atoms with Gasteiger partial charge in [-0.05, 0) is 48.7 Å². The first-order chi connectivity index (χ1) is 13.1. The van der Waals surface area contributed by atoms with Crippen molar-refractivity contribution in [3.05, 3.63) is 54.6 Å². The first kappa shape index (κ1) is 18.8. The van der Waals surface area contributed by atoms with Gasteiger partial charge in [0, 0.05) is 30.8 Å². The Bertz CT molecular complexity index is 853. The van der Waals surface area contributed by atoms with Crippen LogP contribution in [0, 0.1) is 5.92 Å². The highest BCUT2D eigenvalue weighted by atomic mass is 16.5. The summed E-state index contributed by atoms with van der Waals surface area (Å²) in [5.41, 5.74) is 1.62. The number of hydrogen-bond acceptors (Lipinski definition) is 4. The summed E-state index contributed by atoms with van der Waals surface area (Å²) in [6.07, 6.45) is 4.63. The minimum absolute atomic E-state index is 0.0204. The maximum absolute atomic E-state index is 12.8. The number of carbonyl (C=O) groups excluding carboxylic acids is 1. The Hall–Kier alpha value is -2.93. The zero-order chi connectivity index (χ0) is 19.2. The molecule has 142 valence electrons. The summed E-state index contributed by atoms with van der Waals surface area (Å²) in [5.74, 6) is 1.67. The molecule has 1 aromatic carbocycles. The Kier molecular flexibility index (Phi) is 6.03. The van der Waals surface area contributed by atoms with Gasteiger partial charge in [-0.2, -0.15) is 5.10 Å². The van der Waals surface area contributed by atoms with E-state index in [1.807, 2.05) is 53.4 Å². The van der Waals surface area contributed by atoms with Crippen LogP contribution in [0.3, 0.4) is 0 Å². The second-order valence-corrected chi connectivity index (χ2v) is 6.88. The van der Waals surface area contributed by atoms with Crippen LogP contribution in [-0.2, 0) is 16.1 Å². The molecule has 1 atom stereocenters. The number of ether oxygens (including phenoxy) is 1. The van der Waals surface area contributed by atoms with Crippen LogP contribution in [0.2, 0.25) is 0 Å². The van der Waals surface area contributed by atoms with E-state index in [1.165, 1.54) is 0 Å². The number of carbonyl (C=O) groups is 1. The van der Waals surface area contributed by atoms with Crippen molar-refractivity contribution in [2.24, 2.45) is 5.92 Å². The lowest BCUT2D eigenvalue weighted by molar-refractivity contribution is -0.119. The third kappa shape index (κ3) is 4.83. The van der Waals surface area contributed by atoms with Gasteiger partial charge in [-0.1, -0.05) is 13.8 Å². The molecular formula is C20H25N5O2. The number of methoxy groups -OCH3 is 1. The minimum atomic E-state index is -0.232. The van der Waals surface area contributed by atoms with Crippen LogP contribution in [0.1, 0.15) is 32.1 Å². The van der Waals surface area contributed by atoms with Gasteiger partial charge >= 0.3 is 0 Å². The van der Waals surface area contributed by atoms with Gasteiger partial charge in [0.15, 0.2) is 11.6 Å². The highest BCUT2D eigenvalue weighted by Crippen LogP contribution is 2.22. The van der Waals surface area contributed by atoms with Crippen LogP contribution in [0.4, 0.5) is 5.69 Å². The van der Waals surface area contributed by atoms with Gasteiger partial charge in [0.05, 0.1) is 0 Å². The lowest BCUT2D eigenvalue weighted by Gasteiger charge is -2.20. The van der Waals surface area contributed by atoms with E-state index < -0.39 is 0 Å². The van der Waals surface area contributed by atoms with Crippen molar-refractivity contribution >= 4 is 11.6 Å². The Morgan fingerprint density at radius 2 is 1.93 bits per heavy atom. The summed E-state index contributed by atoms with van der Waals surface area (Å²) in [7, 11) is 1.61. The quantitative estimate of drug-likeness (QED) is 0.636. The molecule has 0 fully saturated rings. The van der Waals surface area contributed by atoms with Gasteiger partial charge in [0.2, 0.25) is 5.91 Å². The highest BCUT2D eigenvalue weighted by Gasteiger charge is 2.21. The number of anilines is 1. The predicted octanol–water partition coefficient (Wildman–Crippen LogP) is 3.65. The zero-order valence-corrected chi connectivity index (χ0v) is 15.8. The average Bonchev–Trinajstić information content (AvgIpc) is 3.32. The van der Waals surface area contributed by atoms with Crippen LogP contribution in [-0.4, -0.2) is 32.8 Å². The topological polar surface area (TPSA) is 84.8 Å². The third-order valence-electron chi connectivity index (χ3n) is 4.21. The van der Waals surface area contributed by atoms with Crippen molar-refractivity contribution in [3.63, 3.8) is 0 Å². The summed E-state index contributed by atoms with van der Waals surface area (Å²) >= 11 is 0. The van der Waals surface area contributed by atoms with Gasteiger partial charge in [0.1, 0.15) is 12.6 Å². The van der Waals surface area contributed by atoms with Crippen molar-refractivity contribution in [1.82, 2.24) is 19.7 Å². The number of H-pyrrole nitrogens is 1. The summed E-state index contributed by atoms with van der Waals surface area (Å²) in [5, 5.41) is 10.0. The lowest BCUT2D eigenvalue weighted by atomic mass is 10.0. The number of amides is 1. The van der Waals surface area contributed by atoms with E-state index in [0.29, 0.717) is 24.2 Å². The van der Waals surface area contributed by atoms with Crippen molar-refractivity contribution in [1.29, 1.82) is 0 Å². The molecule has 7 nitrogen and oxygen atoms in total. The monoisotopic (exact) mass is 367 g/mol. The van der Waals surface area contributed by atoms with Crippen molar-refractivity contribution < 1.29 is 9.53 Å². The number of hydrogen-bond donors (Lipinski definition) is 2. The fraction of sp³-hybridized carbons (Fsp3) is 0.350. The van der Waals surface area contributed by atoms with Gasteiger partial charge < -0.3 is 14.6 Å². The second-order valence-electron chi connectivity index (χ2n) is 6.88. The lowest BCUT2D eigenvalue weighted by Crippen LogP contribution is -2.26. The van der Waals surface area contributed by atoms with Crippen LogP contribution < -0.4 is 5.32 Å². The number of aromatic amines is 1. The highest BCUT2D eigenvalue weighted by molar-refractivity contribution is 5.93. The SMILES string of the molecule is COCc1nc(-c2ccc(NC(=O)[C@H](CC(C)C)n3cccc3)cc2)n[nH]1. The van der Waals surface area contributed by atoms with Crippen molar-refractivity contribution in [2.45, 2.75) is 32.9 Å². The number of nitrogens with zero attached hydrogens (tertiary/aromatic N) is 3. The smallest absolute Gasteiger partial charge is 0.247 e. The van der Waals surface area contributed by atoms with E-state index in [0.717, 1.165) is 17.7 Å². The average molecular weight is 367 g/mol. The Labute approximate surface area is 158 Å². The van der Waals surface area contributed by atoms with Gasteiger partial charge in [0.25, 0.3) is 0 Å². The van der Waals surface area contributed by atoms with Crippen LogP contribution in [0.25, 0.3) is 11.4 Å². The molecule has 3 rings (SSSR count). The van der Waals surface area contributed by atoms with E-state index in [9.17, 15) is 4.79 Å². The minimum Gasteiger partial charge on any atom is -0.377 e. The molecule has 0 radical (unpaired) electrons. The number of benzene rings is 1. The van der Waals surface area contributed by atoms with E-state index in [2.05, 4.69) is 34.3 Å². The third-order valence-corrected chi connectivity index (χ3v) is 4.21. The second kappa shape index (κ2) is 8.64. The van der Waals surface area contributed by atoms with Crippen LogP contribution >= 0.6 is 0 Å². The normalized spacial score (nSPS) is 12.3. The maximum Gasteiger partial charge on any atom is 0.247 e. The Morgan fingerprint density at radius 1 is 1.22 bits per heavy atom. The largest absolute Gasteiger partial charge is 0.377 e. The molecule has 2 heterocycles. The maximum atomic E-state index is 12.8. The molecule has 2 aromatic heterocycles.